The molecule has 0 aromatic heterocycles. The summed E-state index contributed by atoms with van der Waals surface area (Å²) in [6.45, 7) is 6.42. The van der Waals surface area contributed by atoms with Crippen LogP contribution in [-0.4, -0.2) is 43.7 Å². The summed E-state index contributed by atoms with van der Waals surface area (Å²) in [6, 6.07) is 12.2. The van der Waals surface area contributed by atoms with Gasteiger partial charge in [0, 0.05) is 24.8 Å². The molecule has 1 heterocycles. The number of hydrogen-bond acceptors (Lipinski definition) is 4. The Morgan fingerprint density at radius 1 is 1.00 bits per heavy atom. The third kappa shape index (κ3) is 5.55. The molecule has 0 radical (unpaired) electrons. The molecule has 1 fully saturated rings. The minimum Gasteiger partial charge on any atom is -0.348 e. The van der Waals surface area contributed by atoms with Crippen molar-refractivity contribution >= 4 is 27.5 Å². The van der Waals surface area contributed by atoms with Crippen molar-refractivity contribution in [1.82, 2.24) is 9.62 Å². The van der Waals surface area contributed by atoms with Crippen molar-refractivity contribution in [2.75, 3.05) is 18.4 Å². The van der Waals surface area contributed by atoms with Gasteiger partial charge in [0.2, 0.25) is 10.0 Å². The number of carbonyl (C=O) groups is 2. The molecule has 8 heteroatoms. The zero-order chi connectivity index (χ0) is 23.3. The van der Waals surface area contributed by atoms with Crippen LogP contribution in [0.4, 0.5) is 5.69 Å². The van der Waals surface area contributed by atoms with E-state index in [0.717, 1.165) is 36.0 Å². The number of hydrogen-bond donors (Lipinski definition) is 2. The molecule has 0 spiro atoms. The summed E-state index contributed by atoms with van der Waals surface area (Å²) >= 11 is 0. The Labute approximate surface area is 190 Å². The van der Waals surface area contributed by atoms with E-state index < -0.39 is 21.8 Å². The highest BCUT2D eigenvalue weighted by Crippen LogP contribution is 2.27. The predicted molar refractivity (Wildman–Crippen MR) is 125 cm³/mol. The second-order valence-corrected chi connectivity index (χ2v) is 10.2. The van der Waals surface area contributed by atoms with E-state index in [0.29, 0.717) is 18.7 Å². The minimum absolute atomic E-state index is 0.211. The van der Waals surface area contributed by atoms with Crippen molar-refractivity contribution in [3.8, 4) is 0 Å². The first kappa shape index (κ1) is 23.9. The minimum atomic E-state index is -3.60. The third-order valence-corrected chi connectivity index (χ3v) is 7.99. The molecule has 2 amide bonds. The number of sulfonamides is 1. The van der Waals surface area contributed by atoms with Gasteiger partial charge in [-0.3, -0.25) is 9.59 Å². The average Bonchev–Trinajstić information content (AvgIpc) is 2.77. The maximum Gasteiger partial charge on any atom is 0.313 e. The van der Waals surface area contributed by atoms with Gasteiger partial charge in [-0.2, -0.15) is 4.31 Å². The lowest BCUT2D eigenvalue weighted by molar-refractivity contribution is -0.136. The van der Waals surface area contributed by atoms with Crippen molar-refractivity contribution < 1.29 is 18.0 Å². The monoisotopic (exact) mass is 457 g/mol. The van der Waals surface area contributed by atoms with Gasteiger partial charge in [0.1, 0.15) is 0 Å². The van der Waals surface area contributed by atoms with E-state index in [-0.39, 0.29) is 17.5 Å². The zero-order valence-corrected chi connectivity index (χ0v) is 19.7. The molecule has 1 aliphatic heterocycles. The van der Waals surface area contributed by atoms with Gasteiger partial charge in [0.05, 0.1) is 4.90 Å². The van der Waals surface area contributed by atoms with Gasteiger partial charge in [-0.15, -0.1) is 0 Å². The van der Waals surface area contributed by atoms with Crippen LogP contribution in [0.3, 0.4) is 0 Å². The first-order chi connectivity index (χ1) is 15.2. The highest BCUT2D eigenvalue weighted by atomic mass is 32.2. The SMILES string of the molecule is Cc1ccc(S(=O)(=O)N2CCCC[C@@H]2CCNC(=O)C(=O)Nc2cccc(C)c2C)cc1. The Hall–Kier alpha value is -2.71. The summed E-state index contributed by atoms with van der Waals surface area (Å²) in [5, 5.41) is 5.27. The molecule has 3 rings (SSSR count). The van der Waals surface area contributed by atoms with Crippen LogP contribution in [-0.2, 0) is 19.6 Å². The molecule has 172 valence electrons. The van der Waals surface area contributed by atoms with Crippen LogP contribution in [0, 0.1) is 20.8 Å². The summed E-state index contributed by atoms with van der Waals surface area (Å²) in [7, 11) is -3.60. The highest BCUT2D eigenvalue weighted by Gasteiger charge is 2.33. The summed E-state index contributed by atoms with van der Waals surface area (Å²) in [5.41, 5.74) is 3.54. The van der Waals surface area contributed by atoms with E-state index in [1.807, 2.05) is 32.9 Å². The number of piperidine rings is 1. The normalized spacial score (nSPS) is 17.0. The number of benzene rings is 2. The lowest BCUT2D eigenvalue weighted by atomic mass is 10.0. The fraction of sp³-hybridized carbons (Fsp3) is 0.417. The molecular weight excluding hydrogens is 426 g/mol. The molecule has 32 heavy (non-hydrogen) atoms. The lowest BCUT2D eigenvalue weighted by Gasteiger charge is -2.34. The predicted octanol–water partition coefficient (Wildman–Crippen LogP) is 3.30. The van der Waals surface area contributed by atoms with Crippen LogP contribution >= 0.6 is 0 Å². The van der Waals surface area contributed by atoms with Crippen LogP contribution in [0.1, 0.15) is 42.4 Å². The molecule has 2 N–H and O–H groups in total. The summed E-state index contributed by atoms with van der Waals surface area (Å²) in [5.74, 6) is -1.46. The van der Waals surface area contributed by atoms with E-state index in [1.54, 1.807) is 34.6 Å². The molecule has 0 unspecified atom stereocenters. The second kappa shape index (κ2) is 10.3. The fourth-order valence-electron chi connectivity index (χ4n) is 3.92. The Morgan fingerprint density at radius 3 is 2.44 bits per heavy atom. The topological polar surface area (TPSA) is 95.6 Å². The Balaban J connectivity index is 1.58. The number of carbonyl (C=O) groups excluding carboxylic acids is 2. The van der Waals surface area contributed by atoms with Crippen molar-refractivity contribution in [2.24, 2.45) is 0 Å². The number of rotatable bonds is 6. The Kier molecular flexibility index (Phi) is 7.69. The zero-order valence-electron chi connectivity index (χ0n) is 18.8. The Bertz CT molecular complexity index is 1080. The molecule has 0 aliphatic carbocycles. The summed E-state index contributed by atoms with van der Waals surface area (Å²) in [6.07, 6.45) is 2.93. The summed E-state index contributed by atoms with van der Waals surface area (Å²) < 4.78 is 27.8. The van der Waals surface area contributed by atoms with Crippen molar-refractivity contribution in [3.63, 3.8) is 0 Å². The molecule has 1 saturated heterocycles. The Morgan fingerprint density at radius 2 is 1.72 bits per heavy atom. The average molecular weight is 458 g/mol. The third-order valence-electron chi connectivity index (χ3n) is 6.02. The van der Waals surface area contributed by atoms with Gasteiger partial charge in [-0.1, -0.05) is 36.2 Å². The van der Waals surface area contributed by atoms with E-state index in [1.165, 1.54) is 0 Å². The maximum atomic E-state index is 13.2. The van der Waals surface area contributed by atoms with E-state index in [2.05, 4.69) is 10.6 Å². The molecular formula is C24H31N3O4S. The van der Waals surface area contributed by atoms with E-state index in [9.17, 15) is 18.0 Å². The van der Waals surface area contributed by atoms with Gasteiger partial charge in [0.15, 0.2) is 0 Å². The quantitative estimate of drug-likeness (QED) is 0.651. The highest BCUT2D eigenvalue weighted by molar-refractivity contribution is 7.89. The second-order valence-electron chi connectivity index (χ2n) is 8.32. The van der Waals surface area contributed by atoms with Crippen molar-refractivity contribution in [1.29, 1.82) is 0 Å². The van der Waals surface area contributed by atoms with Crippen LogP contribution in [0.15, 0.2) is 47.4 Å². The van der Waals surface area contributed by atoms with Crippen molar-refractivity contribution in [2.45, 2.75) is 57.4 Å². The first-order valence-electron chi connectivity index (χ1n) is 10.9. The van der Waals surface area contributed by atoms with Crippen LogP contribution < -0.4 is 10.6 Å². The van der Waals surface area contributed by atoms with Crippen LogP contribution in [0.25, 0.3) is 0 Å². The molecule has 0 bridgehead atoms. The smallest absolute Gasteiger partial charge is 0.313 e. The molecule has 2 aromatic carbocycles. The fourth-order valence-corrected chi connectivity index (χ4v) is 5.65. The molecule has 7 nitrogen and oxygen atoms in total. The summed E-state index contributed by atoms with van der Waals surface area (Å²) in [4.78, 5) is 24.8. The number of nitrogens with one attached hydrogen (secondary N) is 2. The number of anilines is 1. The number of nitrogens with zero attached hydrogens (tertiary/aromatic N) is 1. The molecule has 2 aromatic rings. The van der Waals surface area contributed by atoms with Crippen LogP contribution in [0.5, 0.6) is 0 Å². The van der Waals surface area contributed by atoms with Crippen LogP contribution in [0.2, 0.25) is 0 Å². The number of amides is 2. The van der Waals surface area contributed by atoms with E-state index in [4.69, 9.17) is 0 Å². The van der Waals surface area contributed by atoms with E-state index >= 15 is 0 Å². The molecule has 1 atom stereocenters. The number of aryl methyl sites for hydroxylation is 2. The standard InChI is InChI=1S/C24H31N3O4S/c1-17-10-12-21(13-11-17)32(30,31)27-16-5-4-8-20(27)14-15-25-23(28)24(29)26-22-9-6-7-18(2)19(22)3/h6-7,9-13,20H,4-5,8,14-16H2,1-3H3,(H,25,28)(H,26,29)/t20-/m1/s1. The van der Waals surface area contributed by atoms with Gasteiger partial charge in [0.25, 0.3) is 0 Å². The maximum absolute atomic E-state index is 13.2. The first-order valence-corrected chi connectivity index (χ1v) is 12.4. The van der Waals surface area contributed by atoms with Crippen molar-refractivity contribution in [3.05, 3.63) is 59.2 Å². The lowest BCUT2D eigenvalue weighted by Crippen LogP contribution is -2.45. The largest absolute Gasteiger partial charge is 0.348 e. The molecule has 1 aliphatic rings. The van der Waals surface area contributed by atoms with Gasteiger partial charge < -0.3 is 10.6 Å². The van der Waals surface area contributed by atoms with Gasteiger partial charge in [-0.05, 0) is 69.4 Å². The van der Waals surface area contributed by atoms with Gasteiger partial charge >= 0.3 is 11.8 Å². The van der Waals surface area contributed by atoms with Gasteiger partial charge in [-0.25, -0.2) is 8.42 Å². The molecule has 0 saturated carbocycles.